The van der Waals surface area contributed by atoms with Gasteiger partial charge in [0.05, 0.1) is 6.54 Å². The summed E-state index contributed by atoms with van der Waals surface area (Å²) in [7, 11) is 0. The highest BCUT2D eigenvalue weighted by molar-refractivity contribution is 5.77. The topological polar surface area (TPSA) is 88.1 Å². The van der Waals surface area contributed by atoms with Crippen molar-refractivity contribution in [3.05, 3.63) is 45.9 Å². The number of aromatic nitrogens is 3. The second-order valence-corrected chi connectivity index (χ2v) is 6.31. The molecular weight excluding hydrogens is 314 g/mol. The number of nitrogens with two attached hydrogens (primary N) is 1. The normalized spacial score (nSPS) is 11.1. The van der Waals surface area contributed by atoms with Crippen LogP contribution in [0.25, 0.3) is 16.7 Å². The van der Waals surface area contributed by atoms with E-state index in [0.717, 1.165) is 31.2 Å². The average molecular weight is 336 g/mol. The molecule has 0 aliphatic rings. The largest absolute Gasteiger partial charge is 0.317 e. The molecule has 0 amide bonds. The number of hydrogen-bond acceptors (Lipinski definition) is 4. The molecule has 128 valence electrons. The average Bonchev–Trinajstić information content (AvgIpc) is 2.61. The van der Waals surface area contributed by atoms with Gasteiger partial charge in [0.2, 0.25) is 11.5 Å². The van der Waals surface area contributed by atoms with Crippen molar-refractivity contribution in [3.8, 4) is 6.07 Å². The minimum absolute atomic E-state index is 0.178. The molecule has 3 rings (SSSR count). The van der Waals surface area contributed by atoms with Crippen molar-refractivity contribution in [1.29, 1.82) is 5.26 Å². The molecule has 3 heterocycles. The fraction of sp³-hybridized carbons (Fsp3) is 0.368. The van der Waals surface area contributed by atoms with Crippen LogP contribution in [-0.4, -0.2) is 9.38 Å². The number of nitriles is 1. The van der Waals surface area contributed by atoms with Gasteiger partial charge in [0.15, 0.2) is 0 Å². The van der Waals surface area contributed by atoms with E-state index in [-0.39, 0.29) is 5.56 Å². The predicted octanol–water partition coefficient (Wildman–Crippen LogP) is 2.48. The van der Waals surface area contributed by atoms with Crippen LogP contribution < -0.4 is 15.9 Å². The summed E-state index contributed by atoms with van der Waals surface area (Å²) in [6, 6.07) is 7.39. The highest BCUT2D eigenvalue weighted by Crippen LogP contribution is 2.15. The Hall–Kier alpha value is -2.94. The Morgan fingerprint density at radius 3 is 2.88 bits per heavy atom. The molecule has 0 radical (unpaired) electrons. The van der Waals surface area contributed by atoms with Gasteiger partial charge < -0.3 is 5.73 Å². The molecule has 25 heavy (non-hydrogen) atoms. The summed E-state index contributed by atoms with van der Waals surface area (Å²) in [4.78, 5) is 17.6. The summed E-state index contributed by atoms with van der Waals surface area (Å²) in [5, 5.41) is 9.81. The number of nitrogen functional groups attached to an aromatic ring is 1. The number of rotatable bonds is 5. The lowest BCUT2D eigenvalue weighted by Crippen LogP contribution is -2.41. The highest BCUT2D eigenvalue weighted by atomic mass is 16.1. The molecule has 0 fully saturated rings. The number of hydrogen-bond donors (Lipinski definition) is 1. The monoisotopic (exact) mass is 336 g/mol. The quantitative estimate of drug-likeness (QED) is 0.440. The summed E-state index contributed by atoms with van der Waals surface area (Å²) in [5.74, 6) is 0.372. The van der Waals surface area contributed by atoms with Gasteiger partial charge in [-0.3, -0.25) is 9.20 Å². The fourth-order valence-electron chi connectivity index (χ4n) is 3.12. The van der Waals surface area contributed by atoms with Crippen LogP contribution in [0.1, 0.15) is 43.7 Å². The molecule has 0 spiro atoms. The lowest BCUT2D eigenvalue weighted by atomic mass is 10.1. The van der Waals surface area contributed by atoms with Gasteiger partial charge in [0.25, 0.3) is 11.2 Å². The number of aryl methyl sites for hydroxylation is 2. The van der Waals surface area contributed by atoms with Gasteiger partial charge in [-0.2, -0.15) is 5.26 Å². The molecule has 0 aliphatic carbocycles. The van der Waals surface area contributed by atoms with E-state index < -0.39 is 0 Å². The second kappa shape index (κ2) is 6.89. The summed E-state index contributed by atoms with van der Waals surface area (Å²) in [6.07, 6.45) is 6.00. The zero-order valence-electron chi connectivity index (χ0n) is 14.6. The van der Waals surface area contributed by atoms with Crippen LogP contribution in [0.5, 0.6) is 0 Å². The van der Waals surface area contributed by atoms with Gasteiger partial charge in [0.1, 0.15) is 17.0 Å². The first-order chi connectivity index (χ1) is 12.1. The molecule has 2 N–H and O–H groups in total. The van der Waals surface area contributed by atoms with Gasteiger partial charge in [0, 0.05) is 11.8 Å². The van der Waals surface area contributed by atoms with Gasteiger partial charge in [-0.1, -0.05) is 37.2 Å². The van der Waals surface area contributed by atoms with Crippen LogP contribution >= 0.6 is 0 Å². The summed E-state index contributed by atoms with van der Waals surface area (Å²) in [5.41, 5.74) is 8.42. The first kappa shape index (κ1) is 16.9. The SMILES string of the molecule is CCCCCC[n+]1c(N)c(C#N)cc2c(=O)n3cccc(C)c3nc21. The molecule has 0 unspecified atom stereocenters. The number of pyridine rings is 2. The van der Waals surface area contributed by atoms with Crippen molar-refractivity contribution in [2.45, 2.75) is 46.1 Å². The Kier molecular flexibility index (Phi) is 4.66. The number of nitrogens with zero attached hydrogens (tertiary/aromatic N) is 4. The Labute approximate surface area is 146 Å². The Bertz CT molecular complexity index is 1050. The third-order valence-electron chi connectivity index (χ3n) is 4.53. The summed E-state index contributed by atoms with van der Waals surface area (Å²) >= 11 is 0. The number of unbranched alkanes of at least 4 members (excludes halogenated alkanes) is 3. The van der Waals surface area contributed by atoms with E-state index in [9.17, 15) is 10.1 Å². The second-order valence-electron chi connectivity index (χ2n) is 6.31. The molecule has 3 aromatic rings. The van der Waals surface area contributed by atoms with Gasteiger partial charge in [-0.15, -0.1) is 0 Å². The lowest BCUT2D eigenvalue weighted by Gasteiger charge is -2.10. The van der Waals surface area contributed by atoms with Crippen molar-refractivity contribution in [2.75, 3.05) is 5.73 Å². The summed E-state index contributed by atoms with van der Waals surface area (Å²) in [6.45, 7) is 4.73. The van der Waals surface area contributed by atoms with Crippen molar-refractivity contribution < 1.29 is 4.57 Å². The molecule has 0 saturated carbocycles. The maximum atomic E-state index is 12.9. The maximum Gasteiger partial charge on any atom is 0.278 e. The standard InChI is InChI=1S/C19H21N5O/c1-3-4-5-6-9-23-16(21)14(12-20)11-15-18(23)22-17-13(2)8-7-10-24(17)19(15)25/h7-8,10-11,21H,3-6,9H2,1-2H3/p+1. The minimum Gasteiger partial charge on any atom is -0.317 e. The zero-order chi connectivity index (χ0) is 18.0. The lowest BCUT2D eigenvalue weighted by molar-refractivity contribution is -0.659. The van der Waals surface area contributed by atoms with Crippen molar-refractivity contribution in [1.82, 2.24) is 9.38 Å². The minimum atomic E-state index is -0.178. The van der Waals surface area contributed by atoms with Crippen molar-refractivity contribution >= 4 is 22.5 Å². The first-order valence-electron chi connectivity index (χ1n) is 8.62. The molecule has 0 atom stereocenters. The Morgan fingerprint density at radius 2 is 2.16 bits per heavy atom. The fourth-order valence-corrected chi connectivity index (χ4v) is 3.12. The molecule has 6 nitrogen and oxygen atoms in total. The highest BCUT2D eigenvalue weighted by Gasteiger charge is 2.21. The van der Waals surface area contributed by atoms with E-state index in [4.69, 9.17) is 10.7 Å². The zero-order valence-corrected chi connectivity index (χ0v) is 14.6. The number of fused-ring (bicyclic) bond motifs is 2. The van der Waals surface area contributed by atoms with E-state index in [2.05, 4.69) is 13.0 Å². The van der Waals surface area contributed by atoms with Gasteiger partial charge in [-0.05, 0) is 25.5 Å². The molecule has 0 aliphatic heterocycles. The van der Waals surface area contributed by atoms with E-state index in [0.29, 0.717) is 34.6 Å². The molecule has 3 aromatic heterocycles. The van der Waals surface area contributed by atoms with E-state index in [1.165, 1.54) is 4.40 Å². The first-order valence-corrected chi connectivity index (χ1v) is 8.62. The third kappa shape index (κ3) is 2.93. The maximum absolute atomic E-state index is 12.9. The number of anilines is 1. The Balaban J connectivity index is 2.30. The van der Waals surface area contributed by atoms with Crippen LogP contribution in [0.15, 0.2) is 29.2 Å². The Morgan fingerprint density at radius 1 is 1.36 bits per heavy atom. The van der Waals surface area contributed by atoms with E-state index >= 15 is 0 Å². The van der Waals surface area contributed by atoms with E-state index in [1.807, 2.05) is 23.6 Å². The van der Waals surface area contributed by atoms with E-state index in [1.54, 1.807) is 12.3 Å². The predicted molar refractivity (Wildman–Crippen MR) is 97.2 cm³/mol. The molecular formula is C19H22N5O+. The third-order valence-corrected chi connectivity index (χ3v) is 4.53. The van der Waals surface area contributed by atoms with Crippen LogP contribution in [0.3, 0.4) is 0 Å². The molecule has 0 aromatic carbocycles. The van der Waals surface area contributed by atoms with Crippen LogP contribution in [0, 0.1) is 18.3 Å². The van der Waals surface area contributed by atoms with Crippen LogP contribution in [0.2, 0.25) is 0 Å². The van der Waals surface area contributed by atoms with Crippen molar-refractivity contribution in [3.63, 3.8) is 0 Å². The van der Waals surface area contributed by atoms with Crippen molar-refractivity contribution in [2.24, 2.45) is 0 Å². The van der Waals surface area contributed by atoms with Crippen LogP contribution in [0.4, 0.5) is 5.82 Å². The smallest absolute Gasteiger partial charge is 0.278 e. The van der Waals surface area contributed by atoms with Gasteiger partial charge >= 0.3 is 0 Å². The molecule has 0 saturated heterocycles. The molecule has 0 bridgehead atoms. The summed E-state index contributed by atoms with van der Waals surface area (Å²) < 4.78 is 3.34. The molecule has 6 heteroatoms. The van der Waals surface area contributed by atoms with Gasteiger partial charge in [-0.25, -0.2) is 4.57 Å². The van der Waals surface area contributed by atoms with Crippen LogP contribution in [-0.2, 0) is 6.54 Å².